The number of hydrogen-bond acceptors (Lipinski definition) is 3. The first kappa shape index (κ1) is 22.3. The van der Waals surface area contributed by atoms with Crippen molar-refractivity contribution in [2.24, 2.45) is 0 Å². The molecule has 1 aliphatic rings. The van der Waals surface area contributed by atoms with Gasteiger partial charge in [-0.15, -0.1) is 0 Å². The summed E-state index contributed by atoms with van der Waals surface area (Å²) in [6.45, 7) is 0.466. The summed E-state index contributed by atoms with van der Waals surface area (Å²) in [5.74, 6) is -0.878. The summed E-state index contributed by atoms with van der Waals surface area (Å²) in [4.78, 5) is 12.5. The number of allylic oxidation sites excluding steroid dienone is 1. The molecule has 160 valence electrons. The van der Waals surface area contributed by atoms with Gasteiger partial charge in [0.1, 0.15) is 5.82 Å². The minimum absolute atomic E-state index is 0.0705. The van der Waals surface area contributed by atoms with Crippen LogP contribution in [-0.2, 0) is 10.0 Å². The number of nitrogens with zero attached hydrogens (tertiary/aromatic N) is 1. The number of hydrogen-bond donors (Lipinski definition) is 1. The highest BCUT2D eigenvalue weighted by Crippen LogP contribution is 2.26. The molecule has 2 aromatic carbocycles. The van der Waals surface area contributed by atoms with Crippen LogP contribution in [0.5, 0.6) is 0 Å². The Morgan fingerprint density at radius 1 is 1.17 bits per heavy atom. The van der Waals surface area contributed by atoms with E-state index in [0.29, 0.717) is 12.2 Å². The number of sulfonamides is 1. The van der Waals surface area contributed by atoms with Gasteiger partial charge in [-0.2, -0.15) is 0 Å². The summed E-state index contributed by atoms with van der Waals surface area (Å²) in [7, 11) is -2.58. The maximum atomic E-state index is 13.1. The Balaban J connectivity index is 1.75. The summed E-state index contributed by atoms with van der Waals surface area (Å²) < 4.78 is 40.1. The molecule has 0 saturated heterocycles. The fourth-order valence-corrected chi connectivity index (χ4v) is 4.78. The van der Waals surface area contributed by atoms with E-state index in [2.05, 4.69) is 11.4 Å². The van der Waals surface area contributed by atoms with Gasteiger partial charge in [0, 0.05) is 13.6 Å². The van der Waals surface area contributed by atoms with Crippen LogP contribution >= 0.6 is 11.6 Å². The molecule has 30 heavy (non-hydrogen) atoms. The van der Waals surface area contributed by atoms with E-state index < -0.39 is 21.7 Å². The van der Waals surface area contributed by atoms with Gasteiger partial charge in [-0.1, -0.05) is 23.3 Å². The van der Waals surface area contributed by atoms with Gasteiger partial charge in [0.2, 0.25) is 0 Å². The molecule has 3 rings (SSSR count). The second-order valence-electron chi connectivity index (χ2n) is 7.20. The van der Waals surface area contributed by atoms with E-state index in [1.54, 1.807) is 0 Å². The van der Waals surface area contributed by atoms with Gasteiger partial charge in [0.15, 0.2) is 0 Å². The number of carbonyl (C=O) groups excluding carboxylic acids is 1. The molecule has 0 atom stereocenters. The average Bonchev–Trinajstić information content (AvgIpc) is 2.74. The van der Waals surface area contributed by atoms with Gasteiger partial charge >= 0.3 is 0 Å². The van der Waals surface area contributed by atoms with E-state index in [1.165, 1.54) is 67.9 Å². The zero-order chi connectivity index (χ0) is 21.7. The van der Waals surface area contributed by atoms with Crippen LogP contribution in [0.1, 0.15) is 42.5 Å². The Morgan fingerprint density at radius 2 is 1.90 bits per heavy atom. The number of benzene rings is 2. The normalized spacial score (nSPS) is 14.2. The van der Waals surface area contributed by atoms with Crippen molar-refractivity contribution in [2.45, 2.75) is 37.0 Å². The van der Waals surface area contributed by atoms with Crippen molar-refractivity contribution in [3.8, 4) is 0 Å². The zero-order valence-corrected chi connectivity index (χ0v) is 18.3. The predicted octanol–water partition coefficient (Wildman–Crippen LogP) is 4.92. The van der Waals surface area contributed by atoms with Crippen LogP contribution in [-0.4, -0.2) is 27.9 Å². The molecule has 0 aromatic heterocycles. The third kappa shape index (κ3) is 5.21. The van der Waals surface area contributed by atoms with Crippen molar-refractivity contribution in [1.82, 2.24) is 5.32 Å². The highest BCUT2D eigenvalue weighted by molar-refractivity contribution is 7.92. The van der Waals surface area contributed by atoms with Crippen LogP contribution in [0.3, 0.4) is 0 Å². The first-order valence-corrected chi connectivity index (χ1v) is 11.6. The minimum atomic E-state index is -3.95. The van der Waals surface area contributed by atoms with E-state index in [0.717, 1.165) is 23.6 Å². The lowest BCUT2D eigenvalue weighted by molar-refractivity contribution is 0.0954. The fraction of sp³-hybridized carbons (Fsp3) is 0.318. The predicted molar refractivity (Wildman–Crippen MR) is 117 cm³/mol. The number of rotatable bonds is 7. The smallest absolute Gasteiger partial charge is 0.264 e. The van der Waals surface area contributed by atoms with Crippen molar-refractivity contribution in [1.29, 1.82) is 0 Å². The van der Waals surface area contributed by atoms with E-state index >= 15 is 0 Å². The van der Waals surface area contributed by atoms with Gasteiger partial charge in [-0.25, -0.2) is 12.8 Å². The van der Waals surface area contributed by atoms with E-state index in [1.807, 2.05) is 0 Å². The summed E-state index contributed by atoms with van der Waals surface area (Å²) in [6.07, 6.45) is 7.51. The molecule has 1 amide bonds. The highest BCUT2D eigenvalue weighted by Gasteiger charge is 2.24. The molecule has 0 fully saturated rings. The minimum Gasteiger partial charge on any atom is -0.352 e. The van der Waals surface area contributed by atoms with Gasteiger partial charge in [0.05, 0.1) is 21.2 Å². The summed E-state index contributed by atoms with van der Waals surface area (Å²) >= 11 is 6.16. The van der Waals surface area contributed by atoms with E-state index in [-0.39, 0.29) is 15.5 Å². The molecular weight excluding hydrogens is 427 g/mol. The average molecular weight is 451 g/mol. The monoisotopic (exact) mass is 450 g/mol. The SMILES string of the molecule is CN(c1ccc(F)cc1)S(=O)(=O)c1ccc(Cl)c(C(=O)NCCC2=CCCCC2)c1. The van der Waals surface area contributed by atoms with Crippen molar-refractivity contribution in [2.75, 3.05) is 17.9 Å². The molecule has 8 heteroatoms. The van der Waals surface area contributed by atoms with Crippen molar-refractivity contribution < 1.29 is 17.6 Å². The Hall–Kier alpha value is -2.38. The maximum Gasteiger partial charge on any atom is 0.264 e. The van der Waals surface area contributed by atoms with Crippen molar-refractivity contribution >= 4 is 33.2 Å². The molecule has 0 saturated carbocycles. The molecule has 0 aliphatic heterocycles. The zero-order valence-electron chi connectivity index (χ0n) is 16.7. The largest absolute Gasteiger partial charge is 0.352 e. The van der Waals surface area contributed by atoms with Gasteiger partial charge in [-0.3, -0.25) is 9.10 Å². The van der Waals surface area contributed by atoms with Crippen LogP contribution in [0.15, 0.2) is 59.0 Å². The number of nitrogens with one attached hydrogen (secondary N) is 1. The Morgan fingerprint density at radius 3 is 2.57 bits per heavy atom. The third-order valence-corrected chi connectivity index (χ3v) is 7.26. The quantitative estimate of drug-likeness (QED) is 0.608. The number of amides is 1. The lowest BCUT2D eigenvalue weighted by atomic mass is 9.97. The first-order valence-electron chi connectivity index (χ1n) is 9.79. The summed E-state index contributed by atoms with van der Waals surface area (Å²) in [5.41, 5.74) is 1.74. The number of halogens is 2. The number of carbonyl (C=O) groups is 1. The molecule has 1 N–H and O–H groups in total. The summed E-state index contributed by atoms with van der Waals surface area (Å²) in [5, 5.41) is 2.99. The Bertz CT molecular complexity index is 1050. The van der Waals surface area contributed by atoms with Gasteiger partial charge in [-0.05, 0) is 74.6 Å². The molecule has 1 aliphatic carbocycles. The lowest BCUT2D eigenvalue weighted by Crippen LogP contribution is -2.28. The van der Waals surface area contributed by atoms with Crippen molar-refractivity contribution in [3.63, 3.8) is 0 Å². The second-order valence-corrected chi connectivity index (χ2v) is 9.58. The molecule has 0 unspecified atom stereocenters. The molecule has 2 aromatic rings. The fourth-order valence-electron chi connectivity index (χ4n) is 3.35. The first-order chi connectivity index (χ1) is 14.3. The van der Waals surface area contributed by atoms with Gasteiger partial charge in [0.25, 0.3) is 15.9 Å². The molecule has 0 radical (unpaired) electrons. The highest BCUT2D eigenvalue weighted by atomic mass is 35.5. The van der Waals surface area contributed by atoms with Crippen LogP contribution in [0.2, 0.25) is 5.02 Å². The molecule has 0 heterocycles. The molecular formula is C22H24ClFN2O3S. The maximum absolute atomic E-state index is 13.1. The number of anilines is 1. The van der Waals surface area contributed by atoms with Crippen LogP contribution in [0.4, 0.5) is 10.1 Å². The van der Waals surface area contributed by atoms with Gasteiger partial charge < -0.3 is 5.32 Å². The standard InChI is InChI=1S/C22H24ClFN2O3S/c1-26(18-9-7-17(24)8-10-18)30(28,29)19-11-12-21(23)20(15-19)22(27)25-14-13-16-5-3-2-4-6-16/h5,7-12,15H,2-4,6,13-14H2,1H3,(H,25,27). The van der Waals surface area contributed by atoms with Crippen LogP contribution < -0.4 is 9.62 Å². The lowest BCUT2D eigenvalue weighted by Gasteiger charge is -2.20. The molecule has 5 nitrogen and oxygen atoms in total. The van der Waals surface area contributed by atoms with E-state index in [4.69, 9.17) is 11.6 Å². The topological polar surface area (TPSA) is 66.5 Å². The van der Waals surface area contributed by atoms with Crippen molar-refractivity contribution in [3.05, 3.63) is 70.5 Å². The van der Waals surface area contributed by atoms with E-state index in [9.17, 15) is 17.6 Å². The van der Waals surface area contributed by atoms with Crippen LogP contribution in [0.25, 0.3) is 0 Å². The third-order valence-electron chi connectivity index (χ3n) is 5.15. The molecule has 0 spiro atoms. The Labute approximate surface area is 181 Å². The summed E-state index contributed by atoms with van der Waals surface area (Å²) in [6, 6.07) is 9.13. The van der Waals surface area contributed by atoms with Crippen LogP contribution in [0, 0.1) is 5.82 Å². The Kier molecular flexibility index (Phi) is 7.15. The second kappa shape index (κ2) is 9.62. The molecule has 0 bridgehead atoms.